The minimum Gasteiger partial charge on any atom is -0.311 e. The molecule has 0 spiro atoms. The Balaban J connectivity index is 2.06. The molecule has 0 amide bonds. The van der Waals surface area contributed by atoms with Crippen LogP contribution in [0, 0.1) is 0 Å². The topological polar surface area (TPSA) is 55.6 Å². The molecule has 2 aromatic heterocycles. The van der Waals surface area contributed by atoms with Crippen molar-refractivity contribution in [2.75, 3.05) is 7.05 Å². The molecule has 0 fully saturated rings. The highest BCUT2D eigenvalue weighted by atomic mass is 32.1. The summed E-state index contributed by atoms with van der Waals surface area (Å²) in [4.78, 5) is 0. The number of hydrogen-bond acceptors (Lipinski definition) is 5. The van der Waals surface area contributed by atoms with Gasteiger partial charge in [0.15, 0.2) is 0 Å². The summed E-state index contributed by atoms with van der Waals surface area (Å²) < 4.78 is 10.4. The van der Waals surface area contributed by atoms with Gasteiger partial charge in [0, 0.05) is 12.6 Å². The Morgan fingerprint density at radius 1 is 1.37 bits per heavy atom. The van der Waals surface area contributed by atoms with Gasteiger partial charge in [0.1, 0.15) is 0 Å². The molecule has 0 aliphatic rings. The van der Waals surface area contributed by atoms with E-state index in [1.807, 2.05) is 13.2 Å². The summed E-state index contributed by atoms with van der Waals surface area (Å²) in [7, 11) is 1.95. The summed E-state index contributed by atoms with van der Waals surface area (Å²) in [6.07, 6.45) is 6.98. The molecule has 1 N–H and O–H groups in total. The second-order valence-electron chi connectivity index (χ2n) is 4.64. The molecule has 0 aromatic carbocycles. The van der Waals surface area contributed by atoms with E-state index in [1.54, 1.807) is 0 Å². The number of hydrogen-bond donors (Lipinski definition) is 1. The minimum atomic E-state index is 0.184. The van der Waals surface area contributed by atoms with Gasteiger partial charge in [0.2, 0.25) is 0 Å². The zero-order valence-electron chi connectivity index (χ0n) is 11.7. The molecular formula is C13H21N5S. The lowest BCUT2D eigenvalue weighted by atomic mass is 10.1. The van der Waals surface area contributed by atoms with E-state index in [1.165, 1.54) is 11.7 Å². The van der Waals surface area contributed by atoms with Gasteiger partial charge in [-0.15, -0.1) is 0 Å². The number of likely N-dealkylation sites (N-methyl/N-ethyl adjacent to an activating group) is 1. The first-order valence-electron chi connectivity index (χ1n) is 6.77. The molecule has 5 nitrogen and oxygen atoms in total. The number of nitrogens with one attached hydrogen (secondary N) is 1. The summed E-state index contributed by atoms with van der Waals surface area (Å²) in [5.41, 5.74) is 2.09. The standard InChI is InChI=1S/C13H21N5S/c1-4-11(5-2)18-7-6-10(16-18)8-12(14-3)13-9-15-19-17-13/h6-7,9,11-12,14H,4-5,8H2,1-3H3. The maximum atomic E-state index is 4.68. The molecule has 0 bridgehead atoms. The lowest BCUT2D eigenvalue weighted by molar-refractivity contribution is 0.423. The van der Waals surface area contributed by atoms with Crippen molar-refractivity contribution in [3.63, 3.8) is 0 Å². The predicted octanol–water partition coefficient (Wildman–Crippen LogP) is 2.60. The normalized spacial score (nSPS) is 13.1. The van der Waals surface area contributed by atoms with Gasteiger partial charge in [-0.05, 0) is 26.0 Å². The van der Waals surface area contributed by atoms with Crippen molar-refractivity contribution in [3.05, 3.63) is 29.8 Å². The van der Waals surface area contributed by atoms with Crippen molar-refractivity contribution in [2.45, 2.75) is 45.2 Å². The van der Waals surface area contributed by atoms with E-state index in [-0.39, 0.29) is 6.04 Å². The third-order valence-corrected chi connectivity index (χ3v) is 3.97. The number of nitrogens with zero attached hydrogens (tertiary/aromatic N) is 4. The van der Waals surface area contributed by atoms with E-state index in [2.05, 4.69) is 50.0 Å². The van der Waals surface area contributed by atoms with E-state index in [0.717, 1.165) is 30.7 Å². The predicted molar refractivity (Wildman–Crippen MR) is 77.3 cm³/mol. The molecule has 2 heterocycles. The Hall–Kier alpha value is -1.27. The average Bonchev–Trinajstić information content (AvgIpc) is 3.09. The van der Waals surface area contributed by atoms with Gasteiger partial charge < -0.3 is 5.32 Å². The molecule has 2 rings (SSSR count). The van der Waals surface area contributed by atoms with Crippen LogP contribution in [0.4, 0.5) is 0 Å². The highest BCUT2D eigenvalue weighted by Crippen LogP contribution is 2.18. The third kappa shape index (κ3) is 3.39. The van der Waals surface area contributed by atoms with E-state index in [9.17, 15) is 0 Å². The van der Waals surface area contributed by atoms with Gasteiger partial charge in [0.25, 0.3) is 0 Å². The lowest BCUT2D eigenvalue weighted by Gasteiger charge is -2.13. The van der Waals surface area contributed by atoms with Crippen molar-refractivity contribution in [3.8, 4) is 0 Å². The van der Waals surface area contributed by atoms with Gasteiger partial charge in [0.05, 0.1) is 41.4 Å². The summed E-state index contributed by atoms with van der Waals surface area (Å²) in [6, 6.07) is 2.79. The molecule has 1 unspecified atom stereocenters. The molecular weight excluding hydrogens is 258 g/mol. The quantitative estimate of drug-likeness (QED) is 0.846. The molecule has 0 aliphatic heterocycles. The van der Waals surface area contributed by atoms with Crippen LogP contribution in [0.5, 0.6) is 0 Å². The summed E-state index contributed by atoms with van der Waals surface area (Å²) in [5, 5.41) is 7.96. The molecule has 104 valence electrons. The van der Waals surface area contributed by atoms with Crippen LogP contribution < -0.4 is 5.32 Å². The Morgan fingerprint density at radius 3 is 2.74 bits per heavy atom. The van der Waals surface area contributed by atoms with Gasteiger partial charge in [-0.2, -0.15) is 13.8 Å². The molecule has 0 aliphatic carbocycles. The van der Waals surface area contributed by atoms with Gasteiger partial charge in [-0.3, -0.25) is 4.68 Å². The van der Waals surface area contributed by atoms with Gasteiger partial charge >= 0.3 is 0 Å². The smallest absolute Gasteiger partial charge is 0.0916 e. The fourth-order valence-electron chi connectivity index (χ4n) is 2.24. The first-order valence-corrected chi connectivity index (χ1v) is 7.50. The maximum absolute atomic E-state index is 4.68. The second-order valence-corrected chi connectivity index (χ2v) is 5.19. The van der Waals surface area contributed by atoms with E-state index in [0.29, 0.717) is 6.04 Å². The summed E-state index contributed by atoms with van der Waals surface area (Å²) in [5.74, 6) is 0. The first-order chi connectivity index (χ1) is 9.28. The molecule has 6 heteroatoms. The third-order valence-electron chi connectivity index (χ3n) is 3.48. The largest absolute Gasteiger partial charge is 0.311 e. The van der Waals surface area contributed by atoms with Crippen molar-refractivity contribution in [1.29, 1.82) is 0 Å². The van der Waals surface area contributed by atoms with Crippen molar-refractivity contribution in [2.24, 2.45) is 0 Å². The van der Waals surface area contributed by atoms with Crippen LogP contribution in [-0.2, 0) is 6.42 Å². The second kappa shape index (κ2) is 6.77. The van der Waals surface area contributed by atoms with Crippen LogP contribution in [0.25, 0.3) is 0 Å². The zero-order valence-corrected chi connectivity index (χ0v) is 12.5. The molecule has 2 aromatic rings. The maximum Gasteiger partial charge on any atom is 0.0916 e. The SMILES string of the molecule is CCC(CC)n1ccc(CC(NC)c2cnsn2)n1. The Kier molecular flexibility index (Phi) is 5.04. The Bertz CT molecular complexity index is 475. The van der Waals surface area contributed by atoms with Crippen LogP contribution in [0.1, 0.15) is 50.2 Å². The van der Waals surface area contributed by atoms with Crippen LogP contribution in [0.15, 0.2) is 18.5 Å². The zero-order chi connectivity index (χ0) is 13.7. The lowest BCUT2D eigenvalue weighted by Crippen LogP contribution is -2.19. The minimum absolute atomic E-state index is 0.184. The molecule has 1 atom stereocenters. The highest BCUT2D eigenvalue weighted by Gasteiger charge is 2.15. The molecule has 0 saturated heterocycles. The summed E-state index contributed by atoms with van der Waals surface area (Å²) in [6.45, 7) is 4.40. The molecule has 0 radical (unpaired) electrons. The van der Waals surface area contributed by atoms with Crippen LogP contribution in [0.3, 0.4) is 0 Å². The van der Waals surface area contributed by atoms with Crippen molar-refractivity contribution < 1.29 is 0 Å². The average molecular weight is 279 g/mol. The van der Waals surface area contributed by atoms with Crippen LogP contribution in [-0.4, -0.2) is 25.6 Å². The van der Waals surface area contributed by atoms with Gasteiger partial charge in [-0.1, -0.05) is 13.8 Å². The molecule has 19 heavy (non-hydrogen) atoms. The monoisotopic (exact) mass is 279 g/mol. The first kappa shape index (κ1) is 14.1. The number of rotatable bonds is 7. The fourth-order valence-corrected chi connectivity index (χ4v) is 2.71. The fraction of sp³-hybridized carbons (Fsp3) is 0.615. The van der Waals surface area contributed by atoms with E-state index in [4.69, 9.17) is 0 Å². The van der Waals surface area contributed by atoms with Crippen molar-refractivity contribution in [1.82, 2.24) is 23.8 Å². The van der Waals surface area contributed by atoms with Crippen LogP contribution in [0.2, 0.25) is 0 Å². The van der Waals surface area contributed by atoms with E-state index >= 15 is 0 Å². The van der Waals surface area contributed by atoms with E-state index < -0.39 is 0 Å². The van der Waals surface area contributed by atoms with Gasteiger partial charge in [-0.25, -0.2) is 0 Å². The van der Waals surface area contributed by atoms with Crippen LogP contribution >= 0.6 is 11.7 Å². The van der Waals surface area contributed by atoms with Crippen molar-refractivity contribution >= 4 is 11.7 Å². The Labute approximate surface area is 118 Å². The molecule has 0 saturated carbocycles. The highest BCUT2D eigenvalue weighted by molar-refractivity contribution is 6.99. The Morgan fingerprint density at radius 2 is 2.16 bits per heavy atom. The summed E-state index contributed by atoms with van der Waals surface area (Å²) >= 11 is 1.25. The number of aromatic nitrogens is 4.